The molecule has 7 nitrogen and oxygen atoms in total. The number of nitrogens with zero attached hydrogens (tertiary/aromatic N) is 3. The Labute approximate surface area is 178 Å². The van der Waals surface area contributed by atoms with E-state index in [0.717, 1.165) is 11.1 Å². The summed E-state index contributed by atoms with van der Waals surface area (Å²) in [7, 11) is 0. The molecule has 1 aliphatic rings. The molecule has 0 spiro atoms. The third kappa shape index (κ3) is 2.99. The second-order valence-electron chi connectivity index (χ2n) is 6.64. The van der Waals surface area contributed by atoms with Crippen molar-refractivity contribution in [3.05, 3.63) is 75.4 Å². The van der Waals surface area contributed by atoms with Crippen molar-refractivity contribution >= 4 is 44.9 Å². The number of rotatable bonds is 3. The number of phenols is 1. The van der Waals surface area contributed by atoms with Crippen molar-refractivity contribution in [2.75, 3.05) is 5.75 Å². The minimum absolute atomic E-state index is 0.0103. The molecule has 3 heterocycles. The number of aromatic nitrogens is 2. The van der Waals surface area contributed by atoms with Gasteiger partial charge in [0.2, 0.25) is 0 Å². The van der Waals surface area contributed by atoms with E-state index in [4.69, 9.17) is 5.73 Å². The molecule has 1 aliphatic heterocycles. The molecule has 0 saturated heterocycles. The maximum absolute atomic E-state index is 13.3. The van der Waals surface area contributed by atoms with Crippen LogP contribution in [-0.4, -0.2) is 32.1 Å². The van der Waals surface area contributed by atoms with Crippen LogP contribution in [0.25, 0.3) is 21.3 Å². The first-order chi connectivity index (χ1) is 14.5. The van der Waals surface area contributed by atoms with Crippen LogP contribution in [0.3, 0.4) is 0 Å². The van der Waals surface area contributed by atoms with Crippen molar-refractivity contribution in [1.82, 2.24) is 9.66 Å². The van der Waals surface area contributed by atoms with Crippen LogP contribution < -0.4 is 11.3 Å². The summed E-state index contributed by atoms with van der Waals surface area (Å²) in [4.78, 5) is 30.2. The number of amides is 1. The molecule has 5 rings (SSSR count). The van der Waals surface area contributed by atoms with Crippen LogP contribution in [0.5, 0.6) is 5.75 Å². The summed E-state index contributed by atoms with van der Waals surface area (Å²) >= 11 is 2.83. The number of carbonyl (C=O) groups is 1. The number of thioether (sulfide) groups is 1. The molecule has 0 radical (unpaired) electrons. The first kappa shape index (κ1) is 18.6. The molecular formula is C21H14N4O3S2. The highest BCUT2D eigenvalue weighted by Crippen LogP contribution is 2.33. The van der Waals surface area contributed by atoms with Crippen LogP contribution in [0.1, 0.15) is 15.9 Å². The fourth-order valence-electron chi connectivity index (χ4n) is 3.31. The van der Waals surface area contributed by atoms with E-state index in [1.807, 2.05) is 35.7 Å². The lowest BCUT2D eigenvalue weighted by Crippen LogP contribution is -2.25. The molecule has 0 fully saturated rings. The van der Waals surface area contributed by atoms with Gasteiger partial charge in [-0.1, -0.05) is 42.1 Å². The molecule has 2 aromatic heterocycles. The van der Waals surface area contributed by atoms with E-state index in [1.54, 1.807) is 6.07 Å². The highest BCUT2D eigenvalue weighted by molar-refractivity contribution is 7.99. The van der Waals surface area contributed by atoms with Crippen LogP contribution in [0.2, 0.25) is 0 Å². The van der Waals surface area contributed by atoms with E-state index < -0.39 is 5.91 Å². The molecular weight excluding hydrogens is 420 g/mol. The average molecular weight is 435 g/mol. The Balaban J connectivity index is 1.68. The monoisotopic (exact) mass is 434 g/mol. The van der Waals surface area contributed by atoms with Crippen LogP contribution >= 0.6 is 23.1 Å². The smallest absolute Gasteiger partial charge is 0.284 e. The average Bonchev–Trinajstić information content (AvgIpc) is 3.19. The Hall–Kier alpha value is -3.43. The highest BCUT2D eigenvalue weighted by Gasteiger charge is 2.22. The topological polar surface area (TPSA) is 111 Å². The number of hydrogen-bond donors (Lipinski definition) is 2. The fourth-order valence-corrected chi connectivity index (χ4v) is 5.20. The molecule has 3 N–H and O–H groups in total. The number of hydrogen-bond acceptors (Lipinski definition) is 7. The molecule has 9 heteroatoms. The number of fused-ring (bicyclic) bond motifs is 2. The lowest BCUT2D eigenvalue weighted by molar-refractivity contribution is 0.0997. The Morgan fingerprint density at radius 1 is 1.13 bits per heavy atom. The van der Waals surface area contributed by atoms with Gasteiger partial charge in [-0.25, -0.2) is 4.98 Å². The summed E-state index contributed by atoms with van der Waals surface area (Å²) < 4.78 is 1.31. The lowest BCUT2D eigenvalue weighted by atomic mass is 10.1. The summed E-state index contributed by atoms with van der Waals surface area (Å²) in [5.74, 6) is -0.454. The zero-order chi connectivity index (χ0) is 20.8. The van der Waals surface area contributed by atoms with Gasteiger partial charge in [-0.05, 0) is 29.3 Å². The van der Waals surface area contributed by atoms with E-state index in [-0.39, 0.29) is 16.9 Å². The number of aromatic hydroxyl groups is 1. The maximum atomic E-state index is 13.3. The van der Waals surface area contributed by atoms with Gasteiger partial charge in [0.15, 0.2) is 5.16 Å². The zero-order valence-corrected chi connectivity index (χ0v) is 17.0. The predicted molar refractivity (Wildman–Crippen MR) is 119 cm³/mol. The van der Waals surface area contributed by atoms with Gasteiger partial charge in [0.05, 0.1) is 16.7 Å². The van der Waals surface area contributed by atoms with Gasteiger partial charge < -0.3 is 10.8 Å². The summed E-state index contributed by atoms with van der Waals surface area (Å²) in [6, 6.07) is 14.2. The van der Waals surface area contributed by atoms with E-state index in [0.29, 0.717) is 32.4 Å². The van der Waals surface area contributed by atoms with E-state index in [9.17, 15) is 14.7 Å². The molecule has 0 unspecified atom stereocenters. The van der Waals surface area contributed by atoms with Gasteiger partial charge in [0.25, 0.3) is 11.5 Å². The molecule has 0 bridgehead atoms. The SMILES string of the molecule is NC(=O)c1cc(C2=Nn3c(nc4scc(-c5ccccc5)c4c3=O)SC2)ccc1O. The summed E-state index contributed by atoms with van der Waals surface area (Å²) in [6.07, 6.45) is 0. The van der Waals surface area contributed by atoms with Crippen LogP contribution in [0.4, 0.5) is 0 Å². The first-order valence-electron chi connectivity index (χ1n) is 8.96. The number of thiophene rings is 1. The maximum Gasteiger partial charge on any atom is 0.284 e. The van der Waals surface area contributed by atoms with Gasteiger partial charge in [-0.2, -0.15) is 9.78 Å². The number of nitrogens with two attached hydrogens (primary N) is 1. The molecule has 30 heavy (non-hydrogen) atoms. The third-order valence-corrected chi connectivity index (χ3v) is 6.61. The summed E-state index contributed by atoms with van der Waals surface area (Å²) in [5, 5.41) is 17.3. The molecule has 4 aromatic rings. The number of primary amides is 1. The van der Waals surface area contributed by atoms with Crippen molar-refractivity contribution in [2.45, 2.75) is 5.16 Å². The van der Waals surface area contributed by atoms with Crippen molar-refractivity contribution in [2.24, 2.45) is 10.8 Å². The number of carbonyl (C=O) groups excluding carboxylic acids is 1. The number of benzene rings is 2. The van der Waals surface area contributed by atoms with E-state index >= 15 is 0 Å². The second-order valence-corrected chi connectivity index (χ2v) is 8.44. The van der Waals surface area contributed by atoms with Crippen LogP contribution in [0.15, 0.2) is 69.0 Å². The lowest BCUT2D eigenvalue weighted by Gasteiger charge is -2.16. The third-order valence-electron chi connectivity index (χ3n) is 4.79. The van der Waals surface area contributed by atoms with Crippen molar-refractivity contribution in [1.29, 1.82) is 0 Å². The zero-order valence-electron chi connectivity index (χ0n) is 15.4. The van der Waals surface area contributed by atoms with Gasteiger partial charge >= 0.3 is 0 Å². The van der Waals surface area contributed by atoms with E-state index in [1.165, 1.54) is 39.9 Å². The molecule has 0 aliphatic carbocycles. The van der Waals surface area contributed by atoms with Gasteiger partial charge in [-0.3, -0.25) is 9.59 Å². The van der Waals surface area contributed by atoms with Gasteiger partial charge in [0.1, 0.15) is 10.6 Å². The first-order valence-corrected chi connectivity index (χ1v) is 10.8. The highest BCUT2D eigenvalue weighted by atomic mass is 32.2. The predicted octanol–water partition coefficient (Wildman–Crippen LogP) is 3.29. The van der Waals surface area contributed by atoms with Gasteiger partial charge in [0, 0.05) is 16.7 Å². The normalized spacial score (nSPS) is 13.1. The summed E-state index contributed by atoms with van der Waals surface area (Å²) in [6.45, 7) is 0. The molecule has 1 amide bonds. The Morgan fingerprint density at radius 2 is 1.93 bits per heavy atom. The minimum atomic E-state index is -0.731. The van der Waals surface area contributed by atoms with Crippen molar-refractivity contribution in [3.8, 4) is 16.9 Å². The molecule has 0 saturated carbocycles. The van der Waals surface area contributed by atoms with Crippen molar-refractivity contribution in [3.63, 3.8) is 0 Å². The largest absolute Gasteiger partial charge is 0.507 e. The summed E-state index contributed by atoms with van der Waals surface area (Å²) in [5.41, 5.74) is 8.07. The fraction of sp³-hybridized carbons (Fsp3) is 0.0476. The van der Waals surface area contributed by atoms with Gasteiger partial charge in [-0.15, -0.1) is 11.3 Å². The molecule has 0 atom stereocenters. The molecule has 148 valence electrons. The van der Waals surface area contributed by atoms with E-state index in [2.05, 4.69) is 10.1 Å². The minimum Gasteiger partial charge on any atom is -0.507 e. The van der Waals surface area contributed by atoms with Crippen LogP contribution in [-0.2, 0) is 0 Å². The Kier molecular flexibility index (Phi) is 4.41. The molecule has 2 aromatic carbocycles. The van der Waals surface area contributed by atoms with Crippen molar-refractivity contribution < 1.29 is 9.90 Å². The Bertz CT molecular complexity index is 1410. The standard InChI is InChI=1S/C21H14N4O3S2/c22-18(27)13-8-12(6-7-16(13)26)15-10-30-21-23-19-17(20(28)25(21)24-15)14(9-29-19)11-4-2-1-3-5-11/h1-9,26H,10H2,(H2,22,27). The second kappa shape index (κ2) is 7.12. The van der Waals surface area contributed by atoms with Crippen LogP contribution in [0, 0.1) is 0 Å². The quantitative estimate of drug-likeness (QED) is 0.481. The Morgan fingerprint density at radius 3 is 2.70 bits per heavy atom.